The average molecular weight is 425 g/mol. The zero-order chi connectivity index (χ0) is 14.0. The second-order valence-corrected chi connectivity index (χ2v) is 6.90. The number of primary amides is 1. The fraction of sp³-hybridized carbons (Fsp3) is 0.0833. The second-order valence-electron chi connectivity index (χ2n) is 3.78. The van der Waals surface area contributed by atoms with Crippen molar-refractivity contribution in [3.05, 3.63) is 48.5 Å². The van der Waals surface area contributed by atoms with Crippen molar-refractivity contribution in [1.29, 1.82) is 0 Å². The fourth-order valence-electron chi connectivity index (χ4n) is 1.51. The summed E-state index contributed by atoms with van der Waals surface area (Å²) in [4.78, 5) is 12.4. The van der Waals surface area contributed by atoms with E-state index < -0.39 is 11.9 Å². The van der Waals surface area contributed by atoms with Crippen molar-refractivity contribution in [2.45, 2.75) is 6.04 Å². The molecule has 2 rings (SSSR count). The largest absolute Gasteiger partial charge is 0.369 e. The summed E-state index contributed by atoms with van der Waals surface area (Å²) in [6.07, 6.45) is 0. The van der Waals surface area contributed by atoms with Crippen LogP contribution in [0.2, 0.25) is 5.02 Å². The summed E-state index contributed by atoms with van der Waals surface area (Å²) in [6.45, 7) is 0. The molecule has 0 aliphatic rings. The van der Waals surface area contributed by atoms with Crippen LogP contribution in [-0.2, 0) is 4.79 Å². The summed E-state index contributed by atoms with van der Waals surface area (Å²) in [7, 11) is 0. The van der Waals surface area contributed by atoms with Gasteiger partial charge in [-0.15, -0.1) is 11.3 Å². The molecular formula is C12H9Br2ClN2OS. The third-order valence-corrected chi connectivity index (χ3v) is 5.36. The lowest BCUT2D eigenvalue weighted by Crippen LogP contribution is -2.26. The molecule has 0 bridgehead atoms. The lowest BCUT2D eigenvalue weighted by molar-refractivity contribution is -0.118. The molecule has 0 aliphatic carbocycles. The van der Waals surface area contributed by atoms with E-state index in [1.165, 1.54) is 11.3 Å². The number of halogens is 3. The zero-order valence-electron chi connectivity index (χ0n) is 9.49. The number of hydrogen-bond donors (Lipinski definition) is 2. The highest BCUT2D eigenvalue weighted by molar-refractivity contribution is 9.10. The first-order valence-corrected chi connectivity index (χ1v) is 8.06. The molecule has 7 heteroatoms. The Morgan fingerprint density at radius 1 is 1.37 bits per heavy atom. The molecule has 1 aromatic carbocycles. The Morgan fingerprint density at radius 3 is 2.63 bits per heavy atom. The molecule has 1 aromatic heterocycles. The van der Waals surface area contributed by atoms with Gasteiger partial charge in [0.25, 0.3) is 0 Å². The monoisotopic (exact) mass is 422 g/mol. The van der Waals surface area contributed by atoms with Crippen LogP contribution < -0.4 is 11.1 Å². The number of rotatable bonds is 4. The highest BCUT2D eigenvalue weighted by Crippen LogP contribution is 2.30. The Hall–Kier alpha value is -0.560. The van der Waals surface area contributed by atoms with Crippen molar-refractivity contribution in [2.24, 2.45) is 5.73 Å². The van der Waals surface area contributed by atoms with Gasteiger partial charge in [-0.1, -0.05) is 11.6 Å². The van der Waals surface area contributed by atoms with Gasteiger partial charge in [0.2, 0.25) is 5.91 Å². The number of amides is 1. The van der Waals surface area contributed by atoms with Crippen LogP contribution in [0.5, 0.6) is 0 Å². The lowest BCUT2D eigenvalue weighted by Gasteiger charge is -2.15. The first-order valence-electron chi connectivity index (χ1n) is 5.22. The van der Waals surface area contributed by atoms with Gasteiger partial charge in [-0.25, -0.2) is 0 Å². The molecule has 0 radical (unpaired) electrons. The molecular weight excluding hydrogens is 415 g/mol. The van der Waals surface area contributed by atoms with Gasteiger partial charge in [0.05, 0.1) is 5.02 Å². The Labute approximate surface area is 136 Å². The van der Waals surface area contributed by atoms with Crippen LogP contribution in [0.4, 0.5) is 5.69 Å². The lowest BCUT2D eigenvalue weighted by atomic mass is 10.2. The molecule has 2 aromatic rings. The molecule has 0 saturated heterocycles. The minimum Gasteiger partial charge on any atom is -0.369 e. The summed E-state index contributed by atoms with van der Waals surface area (Å²) in [5.41, 5.74) is 6.21. The Balaban J connectivity index is 2.26. The van der Waals surface area contributed by atoms with E-state index in [9.17, 15) is 4.79 Å². The quantitative estimate of drug-likeness (QED) is 0.756. The first-order chi connectivity index (χ1) is 8.97. The zero-order valence-corrected chi connectivity index (χ0v) is 14.2. The summed E-state index contributed by atoms with van der Waals surface area (Å²) < 4.78 is 1.69. The normalized spacial score (nSPS) is 12.2. The van der Waals surface area contributed by atoms with E-state index in [0.29, 0.717) is 5.02 Å². The van der Waals surface area contributed by atoms with Gasteiger partial charge in [-0.2, -0.15) is 0 Å². The molecule has 0 aliphatic heterocycles. The highest BCUT2D eigenvalue weighted by Gasteiger charge is 2.19. The molecule has 100 valence electrons. The predicted octanol–water partition coefficient (Wildman–Crippen LogP) is 4.57. The average Bonchev–Trinajstić information content (AvgIpc) is 2.76. The molecule has 1 unspecified atom stereocenters. The maximum atomic E-state index is 11.6. The van der Waals surface area contributed by atoms with Gasteiger partial charge >= 0.3 is 0 Å². The van der Waals surface area contributed by atoms with Crippen molar-refractivity contribution >= 4 is 66.4 Å². The molecule has 1 atom stereocenters. The molecule has 3 nitrogen and oxygen atoms in total. The van der Waals surface area contributed by atoms with Crippen molar-refractivity contribution in [1.82, 2.24) is 0 Å². The van der Waals surface area contributed by atoms with Gasteiger partial charge < -0.3 is 11.1 Å². The number of nitrogens with two attached hydrogens (primary N) is 1. The predicted molar refractivity (Wildman–Crippen MR) is 86.7 cm³/mol. The van der Waals surface area contributed by atoms with Gasteiger partial charge in [0.15, 0.2) is 0 Å². The van der Waals surface area contributed by atoms with Crippen LogP contribution in [0.25, 0.3) is 0 Å². The molecule has 19 heavy (non-hydrogen) atoms. The molecule has 1 heterocycles. The summed E-state index contributed by atoms with van der Waals surface area (Å²) >= 11 is 14.1. The van der Waals surface area contributed by atoms with E-state index in [1.54, 1.807) is 18.2 Å². The summed E-state index contributed by atoms with van der Waals surface area (Å²) in [6, 6.07) is 6.66. The topological polar surface area (TPSA) is 55.1 Å². The number of carbonyl (C=O) groups excluding carboxylic acids is 1. The van der Waals surface area contributed by atoms with Gasteiger partial charge in [-0.3, -0.25) is 4.79 Å². The van der Waals surface area contributed by atoms with E-state index in [0.717, 1.165) is 19.5 Å². The van der Waals surface area contributed by atoms with Crippen LogP contribution in [-0.4, -0.2) is 5.91 Å². The number of hydrogen-bond acceptors (Lipinski definition) is 3. The molecule has 3 N–H and O–H groups in total. The maximum absolute atomic E-state index is 11.6. The van der Waals surface area contributed by atoms with Crippen LogP contribution in [0.15, 0.2) is 38.6 Å². The maximum Gasteiger partial charge on any atom is 0.245 e. The number of thiophene rings is 1. The Kier molecular flexibility index (Phi) is 4.89. The van der Waals surface area contributed by atoms with Gasteiger partial charge in [-0.05, 0) is 56.1 Å². The van der Waals surface area contributed by atoms with Crippen molar-refractivity contribution in [3.63, 3.8) is 0 Å². The highest BCUT2D eigenvalue weighted by atomic mass is 79.9. The third-order valence-electron chi connectivity index (χ3n) is 2.39. The van der Waals surface area contributed by atoms with E-state index in [2.05, 4.69) is 37.2 Å². The Morgan fingerprint density at radius 2 is 2.11 bits per heavy atom. The second kappa shape index (κ2) is 6.26. The van der Waals surface area contributed by atoms with E-state index in [-0.39, 0.29) is 0 Å². The van der Waals surface area contributed by atoms with Crippen molar-refractivity contribution in [2.75, 3.05) is 5.32 Å². The van der Waals surface area contributed by atoms with Crippen molar-refractivity contribution < 1.29 is 4.79 Å². The summed E-state index contributed by atoms with van der Waals surface area (Å²) in [5.74, 6) is -0.430. The van der Waals surface area contributed by atoms with Crippen LogP contribution in [0.1, 0.15) is 10.9 Å². The van der Waals surface area contributed by atoms with Crippen LogP contribution >= 0.6 is 54.8 Å². The molecule has 0 fully saturated rings. The van der Waals surface area contributed by atoms with Gasteiger partial charge in [0, 0.05) is 24.9 Å². The van der Waals surface area contributed by atoms with E-state index >= 15 is 0 Å². The minimum atomic E-state index is -0.565. The number of anilines is 1. The molecule has 0 saturated carbocycles. The number of carbonyl (C=O) groups is 1. The van der Waals surface area contributed by atoms with E-state index in [4.69, 9.17) is 17.3 Å². The number of nitrogens with one attached hydrogen (secondary N) is 1. The smallest absolute Gasteiger partial charge is 0.245 e. The Bertz CT molecular complexity index is 618. The molecule has 0 spiro atoms. The first kappa shape index (κ1) is 14.8. The van der Waals surface area contributed by atoms with Crippen LogP contribution in [0.3, 0.4) is 0 Å². The number of benzene rings is 1. The SMILES string of the molecule is NC(=O)C(Nc1ccc(Cl)c(Br)c1)c1cc(Br)cs1. The van der Waals surface area contributed by atoms with Crippen LogP contribution in [0, 0.1) is 0 Å². The summed E-state index contributed by atoms with van der Waals surface area (Å²) in [5, 5.41) is 5.62. The molecule has 1 amide bonds. The minimum absolute atomic E-state index is 0.430. The van der Waals surface area contributed by atoms with Crippen molar-refractivity contribution in [3.8, 4) is 0 Å². The fourth-order valence-corrected chi connectivity index (χ4v) is 3.51. The standard InChI is InChI=1S/C12H9Br2ClN2OS/c13-6-3-10(19-5-6)11(12(16)18)17-7-1-2-9(15)8(14)4-7/h1-5,11,17H,(H2,16,18). The van der Waals surface area contributed by atoms with E-state index in [1.807, 2.05) is 11.4 Å². The van der Waals surface area contributed by atoms with Gasteiger partial charge in [0.1, 0.15) is 6.04 Å². The third kappa shape index (κ3) is 3.72.